The van der Waals surface area contributed by atoms with Gasteiger partial charge < -0.3 is 19.0 Å². The number of halogens is 2. The van der Waals surface area contributed by atoms with Gasteiger partial charge in [0.25, 0.3) is 0 Å². The van der Waals surface area contributed by atoms with Gasteiger partial charge in [-0.15, -0.1) is 0 Å². The second-order valence-corrected chi connectivity index (χ2v) is 6.94. The Morgan fingerprint density at radius 3 is 2.24 bits per heavy atom. The summed E-state index contributed by atoms with van der Waals surface area (Å²) >= 11 is 12.6. The third-order valence-electron chi connectivity index (χ3n) is 4.43. The largest absolute Gasteiger partial charge is 0.493 e. The number of rotatable bonds is 8. The molecule has 1 unspecified atom stereocenters. The SMILES string of the molecule is COc1ccc(C(C=O)c2c(Cl)cncc2Cl)c(OC)c1OCc1ccccc1. The van der Waals surface area contributed by atoms with Gasteiger partial charge in [-0.05, 0) is 11.6 Å². The van der Waals surface area contributed by atoms with Crippen LogP contribution in [0.5, 0.6) is 17.2 Å². The van der Waals surface area contributed by atoms with Gasteiger partial charge in [0.15, 0.2) is 11.5 Å². The van der Waals surface area contributed by atoms with Crippen LogP contribution >= 0.6 is 23.2 Å². The molecule has 1 heterocycles. The van der Waals surface area contributed by atoms with Gasteiger partial charge in [0.05, 0.1) is 30.2 Å². The molecule has 0 N–H and O–H groups in total. The van der Waals surface area contributed by atoms with Gasteiger partial charge in [-0.2, -0.15) is 0 Å². The smallest absolute Gasteiger partial charge is 0.204 e. The lowest BCUT2D eigenvalue weighted by molar-refractivity contribution is -0.108. The zero-order valence-corrected chi connectivity index (χ0v) is 17.4. The van der Waals surface area contributed by atoms with Gasteiger partial charge in [0, 0.05) is 23.5 Å². The van der Waals surface area contributed by atoms with Crippen LogP contribution in [-0.4, -0.2) is 25.5 Å². The quantitative estimate of drug-likeness (QED) is 0.452. The van der Waals surface area contributed by atoms with Gasteiger partial charge in [-0.1, -0.05) is 59.6 Å². The predicted molar refractivity (Wildman–Crippen MR) is 112 cm³/mol. The molecule has 0 amide bonds. The number of aromatic nitrogens is 1. The minimum absolute atomic E-state index is 0.291. The van der Waals surface area contributed by atoms with Crippen molar-refractivity contribution in [1.29, 1.82) is 0 Å². The van der Waals surface area contributed by atoms with Crippen LogP contribution < -0.4 is 14.2 Å². The molecule has 0 spiro atoms. The Hall–Kier alpha value is -2.76. The standard InChI is InChI=1S/C22H19Cl2NO4/c1-27-19-9-8-15(16(12-26)20-17(23)10-25-11-18(20)24)21(28-2)22(19)29-13-14-6-4-3-5-7-14/h3-12,16H,13H2,1-2H3. The average Bonchev–Trinajstić information content (AvgIpc) is 2.75. The Bertz CT molecular complexity index is 975. The van der Waals surface area contributed by atoms with Crippen molar-refractivity contribution in [2.24, 2.45) is 0 Å². The number of aldehydes is 1. The molecule has 0 aliphatic rings. The fourth-order valence-corrected chi connectivity index (χ4v) is 3.66. The van der Waals surface area contributed by atoms with Crippen molar-refractivity contribution in [2.45, 2.75) is 12.5 Å². The molecule has 5 nitrogen and oxygen atoms in total. The second-order valence-electron chi connectivity index (χ2n) is 6.12. The maximum Gasteiger partial charge on any atom is 0.204 e. The Labute approximate surface area is 179 Å². The van der Waals surface area contributed by atoms with E-state index in [-0.39, 0.29) is 0 Å². The van der Waals surface area contributed by atoms with Crippen molar-refractivity contribution in [2.75, 3.05) is 14.2 Å². The Kier molecular flexibility index (Phi) is 6.96. The zero-order valence-electron chi connectivity index (χ0n) is 15.9. The normalized spacial score (nSPS) is 11.6. The maximum absolute atomic E-state index is 12.1. The summed E-state index contributed by atoms with van der Waals surface area (Å²) in [6.45, 7) is 0.305. The first-order valence-electron chi connectivity index (χ1n) is 8.76. The highest BCUT2D eigenvalue weighted by molar-refractivity contribution is 6.36. The van der Waals surface area contributed by atoms with Crippen molar-refractivity contribution in [3.63, 3.8) is 0 Å². The van der Waals surface area contributed by atoms with Crippen LogP contribution in [0, 0.1) is 0 Å². The van der Waals surface area contributed by atoms with Crippen LogP contribution in [0.15, 0.2) is 54.9 Å². The Morgan fingerprint density at radius 1 is 0.966 bits per heavy atom. The Morgan fingerprint density at radius 2 is 1.66 bits per heavy atom. The Balaban J connectivity index is 2.08. The number of hydrogen-bond donors (Lipinski definition) is 0. The zero-order chi connectivity index (χ0) is 20.8. The van der Waals surface area contributed by atoms with Crippen LogP contribution in [0.4, 0.5) is 0 Å². The van der Waals surface area contributed by atoms with Crippen LogP contribution in [0.2, 0.25) is 10.0 Å². The third-order valence-corrected chi connectivity index (χ3v) is 5.03. The number of carbonyl (C=O) groups excluding carboxylic acids is 1. The van der Waals surface area contributed by atoms with E-state index >= 15 is 0 Å². The lowest BCUT2D eigenvalue weighted by atomic mass is 9.92. The number of pyridine rings is 1. The molecule has 7 heteroatoms. The molecule has 0 fully saturated rings. The van der Waals surface area contributed by atoms with Gasteiger partial charge in [-0.25, -0.2) is 0 Å². The van der Waals surface area contributed by atoms with Crippen molar-refractivity contribution in [3.05, 3.63) is 81.6 Å². The van der Waals surface area contributed by atoms with E-state index in [1.807, 2.05) is 30.3 Å². The monoisotopic (exact) mass is 431 g/mol. The van der Waals surface area contributed by atoms with Gasteiger partial charge in [0.1, 0.15) is 12.9 Å². The lowest BCUT2D eigenvalue weighted by Gasteiger charge is -2.21. The average molecular weight is 432 g/mol. The lowest BCUT2D eigenvalue weighted by Crippen LogP contribution is -2.09. The summed E-state index contributed by atoms with van der Waals surface area (Å²) in [6.07, 6.45) is 3.66. The molecule has 0 bridgehead atoms. The topological polar surface area (TPSA) is 57.7 Å². The number of benzene rings is 2. The van der Waals surface area contributed by atoms with Crippen molar-refractivity contribution in [1.82, 2.24) is 4.98 Å². The molecule has 0 aliphatic carbocycles. The van der Waals surface area contributed by atoms with E-state index in [0.717, 1.165) is 11.8 Å². The maximum atomic E-state index is 12.1. The highest BCUT2D eigenvalue weighted by Crippen LogP contribution is 2.46. The summed E-state index contributed by atoms with van der Waals surface area (Å²) in [5, 5.41) is 0.582. The van der Waals surface area contributed by atoms with Crippen molar-refractivity contribution >= 4 is 29.5 Å². The molecule has 0 radical (unpaired) electrons. The first kappa shape index (κ1) is 21.0. The van der Waals surface area contributed by atoms with E-state index < -0.39 is 5.92 Å². The molecule has 2 aromatic carbocycles. The molecule has 0 aliphatic heterocycles. The molecule has 1 aromatic heterocycles. The van der Waals surface area contributed by atoms with Crippen LogP contribution in [-0.2, 0) is 11.4 Å². The van der Waals surface area contributed by atoms with Gasteiger partial charge in [-0.3, -0.25) is 4.98 Å². The molecular weight excluding hydrogens is 413 g/mol. The molecule has 1 atom stereocenters. The first-order valence-corrected chi connectivity index (χ1v) is 9.52. The molecular formula is C22H19Cl2NO4. The number of ether oxygens (including phenoxy) is 3. The molecule has 150 valence electrons. The second kappa shape index (κ2) is 9.63. The van der Waals surface area contributed by atoms with E-state index in [4.69, 9.17) is 37.4 Å². The van der Waals surface area contributed by atoms with Crippen LogP contribution in [0.1, 0.15) is 22.6 Å². The molecule has 0 saturated heterocycles. The summed E-state index contributed by atoms with van der Waals surface area (Å²) in [5.41, 5.74) is 1.99. The molecule has 3 aromatic rings. The van der Waals surface area contributed by atoms with Crippen LogP contribution in [0.3, 0.4) is 0 Å². The minimum atomic E-state index is -0.766. The van der Waals surface area contributed by atoms with E-state index in [2.05, 4.69) is 4.98 Å². The number of methoxy groups -OCH3 is 2. The molecule has 0 saturated carbocycles. The number of nitrogens with zero attached hydrogens (tertiary/aromatic N) is 1. The predicted octanol–water partition coefficient (Wildman–Crippen LogP) is 5.32. The first-order chi connectivity index (χ1) is 14.1. The van der Waals surface area contributed by atoms with Crippen molar-refractivity contribution in [3.8, 4) is 17.2 Å². The summed E-state index contributed by atoms with van der Waals surface area (Å²) in [7, 11) is 3.04. The molecule has 3 rings (SSSR count). The molecule has 29 heavy (non-hydrogen) atoms. The van der Waals surface area contributed by atoms with E-state index in [1.165, 1.54) is 26.6 Å². The van der Waals surface area contributed by atoms with E-state index in [0.29, 0.717) is 45.0 Å². The fourth-order valence-electron chi connectivity index (χ4n) is 3.06. The summed E-state index contributed by atoms with van der Waals surface area (Å²) in [6, 6.07) is 13.2. The van der Waals surface area contributed by atoms with Gasteiger partial charge >= 0.3 is 0 Å². The number of hydrogen-bond acceptors (Lipinski definition) is 5. The minimum Gasteiger partial charge on any atom is -0.493 e. The summed E-state index contributed by atoms with van der Waals surface area (Å²) in [5.74, 6) is 0.488. The number of carbonyl (C=O) groups is 1. The highest BCUT2D eigenvalue weighted by Gasteiger charge is 2.27. The van der Waals surface area contributed by atoms with Crippen LogP contribution in [0.25, 0.3) is 0 Å². The van der Waals surface area contributed by atoms with Gasteiger partial charge in [0.2, 0.25) is 5.75 Å². The van der Waals surface area contributed by atoms with E-state index in [9.17, 15) is 4.79 Å². The fraction of sp³-hybridized carbons (Fsp3) is 0.182. The summed E-state index contributed by atoms with van der Waals surface area (Å²) < 4.78 is 17.1. The highest BCUT2D eigenvalue weighted by atomic mass is 35.5. The summed E-state index contributed by atoms with van der Waals surface area (Å²) in [4.78, 5) is 16.0. The van der Waals surface area contributed by atoms with Crippen molar-refractivity contribution < 1.29 is 19.0 Å². The van der Waals surface area contributed by atoms with E-state index in [1.54, 1.807) is 12.1 Å². The third kappa shape index (κ3) is 4.47.